The molecule has 1 saturated carbocycles. The number of alkyl halides is 3. The Hall–Kier alpha value is -3.68. The number of carbonyl (C=O) groups is 1. The summed E-state index contributed by atoms with van der Waals surface area (Å²) >= 11 is 0. The molecule has 0 unspecified atom stereocenters. The van der Waals surface area contributed by atoms with Crippen molar-refractivity contribution in [3.8, 4) is 11.1 Å². The van der Waals surface area contributed by atoms with Crippen LogP contribution in [0.3, 0.4) is 0 Å². The number of halogens is 3. The van der Waals surface area contributed by atoms with Gasteiger partial charge in [-0.05, 0) is 42.2 Å². The smallest absolute Gasteiger partial charge is 0.325 e. The van der Waals surface area contributed by atoms with Crippen molar-refractivity contribution >= 4 is 22.5 Å². The molecule has 5 rings (SSSR count). The molecule has 1 fully saturated rings. The van der Waals surface area contributed by atoms with Crippen molar-refractivity contribution in [3.63, 3.8) is 0 Å². The van der Waals surface area contributed by atoms with Crippen LogP contribution in [0.1, 0.15) is 24.0 Å². The maximum Gasteiger partial charge on any atom is 0.416 e. The fourth-order valence-electron chi connectivity index (χ4n) is 4.04. The van der Waals surface area contributed by atoms with E-state index in [0.29, 0.717) is 24.1 Å². The van der Waals surface area contributed by atoms with Crippen LogP contribution in [-0.4, -0.2) is 20.7 Å². The molecule has 0 radical (unpaired) electrons. The molecule has 2 heterocycles. The Morgan fingerprint density at radius 1 is 1.06 bits per heavy atom. The lowest BCUT2D eigenvalue weighted by atomic mass is 9.93. The topological polar surface area (TPSA) is 59.8 Å². The number of aromatic nitrogens is 3. The molecule has 32 heavy (non-hydrogen) atoms. The highest BCUT2D eigenvalue weighted by Gasteiger charge is 2.51. The second-order valence-corrected chi connectivity index (χ2v) is 8.08. The highest BCUT2D eigenvalue weighted by Crippen LogP contribution is 2.50. The minimum Gasteiger partial charge on any atom is -0.325 e. The molecule has 1 N–H and O–H groups in total. The van der Waals surface area contributed by atoms with Crippen LogP contribution in [0, 0.1) is 0 Å². The maximum atomic E-state index is 13.1. The fraction of sp³-hybridized carbons (Fsp3) is 0.208. The quantitative estimate of drug-likeness (QED) is 0.471. The van der Waals surface area contributed by atoms with Crippen molar-refractivity contribution in [1.82, 2.24) is 14.8 Å². The van der Waals surface area contributed by atoms with E-state index in [4.69, 9.17) is 0 Å². The van der Waals surface area contributed by atoms with Gasteiger partial charge in [-0.15, -0.1) is 0 Å². The Labute approximate surface area is 181 Å². The van der Waals surface area contributed by atoms with Crippen molar-refractivity contribution in [2.75, 3.05) is 5.32 Å². The summed E-state index contributed by atoms with van der Waals surface area (Å²) in [7, 11) is 1.85. The molecule has 0 saturated heterocycles. The van der Waals surface area contributed by atoms with Gasteiger partial charge in [0, 0.05) is 29.9 Å². The van der Waals surface area contributed by atoms with Gasteiger partial charge in [0.05, 0.1) is 28.9 Å². The van der Waals surface area contributed by atoms with Crippen LogP contribution in [0.2, 0.25) is 0 Å². The van der Waals surface area contributed by atoms with Gasteiger partial charge in [-0.25, -0.2) is 0 Å². The van der Waals surface area contributed by atoms with Gasteiger partial charge in [0.1, 0.15) is 0 Å². The monoisotopic (exact) mass is 436 g/mol. The minimum absolute atomic E-state index is 0.291. The summed E-state index contributed by atoms with van der Waals surface area (Å²) < 4.78 is 41.0. The zero-order valence-corrected chi connectivity index (χ0v) is 17.1. The third kappa shape index (κ3) is 3.41. The Morgan fingerprint density at radius 3 is 2.50 bits per heavy atom. The van der Waals surface area contributed by atoms with Crippen molar-refractivity contribution in [2.45, 2.75) is 24.4 Å². The Balaban J connectivity index is 1.38. The first kappa shape index (κ1) is 20.2. The van der Waals surface area contributed by atoms with E-state index < -0.39 is 17.2 Å². The van der Waals surface area contributed by atoms with Crippen molar-refractivity contribution in [3.05, 3.63) is 78.2 Å². The van der Waals surface area contributed by atoms with E-state index in [2.05, 4.69) is 15.4 Å². The normalized spacial score (nSPS) is 15.0. The lowest BCUT2D eigenvalue weighted by Crippen LogP contribution is -2.28. The Bertz CT molecular complexity index is 1320. The number of benzene rings is 2. The van der Waals surface area contributed by atoms with Crippen molar-refractivity contribution < 1.29 is 18.0 Å². The van der Waals surface area contributed by atoms with E-state index in [0.717, 1.165) is 34.2 Å². The summed E-state index contributed by atoms with van der Waals surface area (Å²) in [4.78, 5) is 17.3. The molecule has 162 valence electrons. The molecule has 1 aliphatic carbocycles. The summed E-state index contributed by atoms with van der Waals surface area (Å²) in [5.74, 6) is -0.291. The second-order valence-electron chi connectivity index (χ2n) is 8.08. The molecule has 1 amide bonds. The molecule has 2 aromatic heterocycles. The first-order valence-corrected chi connectivity index (χ1v) is 10.1. The number of fused-ring (bicyclic) bond motifs is 1. The number of anilines is 1. The van der Waals surface area contributed by atoms with Gasteiger partial charge in [0.15, 0.2) is 0 Å². The van der Waals surface area contributed by atoms with E-state index in [1.165, 1.54) is 6.07 Å². The number of hydrogen-bond acceptors (Lipinski definition) is 3. The molecule has 2 aromatic carbocycles. The first-order valence-electron chi connectivity index (χ1n) is 10.1. The van der Waals surface area contributed by atoms with Crippen molar-refractivity contribution in [2.24, 2.45) is 7.05 Å². The summed E-state index contributed by atoms with van der Waals surface area (Å²) in [5, 5.41) is 8.11. The molecule has 0 bridgehead atoms. The van der Waals surface area contributed by atoms with Crippen LogP contribution in [0.4, 0.5) is 18.9 Å². The van der Waals surface area contributed by atoms with Crippen molar-refractivity contribution in [1.29, 1.82) is 0 Å². The molecule has 5 nitrogen and oxygen atoms in total. The number of rotatable bonds is 4. The second kappa shape index (κ2) is 7.19. The van der Waals surface area contributed by atoms with Gasteiger partial charge < -0.3 is 5.32 Å². The zero-order chi connectivity index (χ0) is 22.5. The van der Waals surface area contributed by atoms with E-state index in [-0.39, 0.29) is 5.91 Å². The minimum atomic E-state index is -4.44. The van der Waals surface area contributed by atoms with E-state index in [1.54, 1.807) is 41.5 Å². The molecule has 0 atom stereocenters. The number of carbonyl (C=O) groups excluding carboxylic acids is 1. The van der Waals surface area contributed by atoms with E-state index >= 15 is 0 Å². The highest BCUT2D eigenvalue weighted by molar-refractivity contribution is 6.02. The average Bonchev–Trinajstić information content (AvgIpc) is 3.52. The van der Waals surface area contributed by atoms with Gasteiger partial charge in [-0.3, -0.25) is 14.5 Å². The van der Waals surface area contributed by atoms with Crippen LogP contribution >= 0.6 is 0 Å². The average molecular weight is 436 g/mol. The SMILES string of the molecule is Cn1ncc2c(-c3ccc(NC(=O)C4(c5cccc(C(F)(F)F)c5)CC4)cc3)cncc21. The third-order valence-electron chi connectivity index (χ3n) is 6.06. The van der Waals surface area contributed by atoms with Crippen LogP contribution in [0.15, 0.2) is 67.1 Å². The molecule has 0 aliphatic heterocycles. The van der Waals surface area contributed by atoms with Gasteiger partial charge in [0.25, 0.3) is 0 Å². The summed E-state index contributed by atoms with van der Waals surface area (Å²) in [5.41, 5.74) is 2.10. The number of amides is 1. The molecule has 0 spiro atoms. The lowest BCUT2D eigenvalue weighted by Gasteiger charge is -2.18. The summed E-state index contributed by atoms with van der Waals surface area (Å²) in [6, 6.07) is 12.4. The third-order valence-corrected chi connectivity index (χ3v) is 6.06. The van der Waals surface area contributed by atoms with Crippen LogP contribution < -0.4 is 5.32 Å². The number of pyridine rings is 1. The molecule has 8 heteroatoms. The van der Waals surface area contributed by atoms with Crippen LogP contribution in [-0.2, 0) is 23.4 Å². The number of nitrogens with zero attached hydrogens (tertiary/aromatic N) is 3. The van der Waals surface area contributed by atoms with E-state index in [9.17, 15) is 18.0 Å². The van der Waals surface area contributed by atoms with Crippen LogP contribution in [0.25, 0.3) is 22.0 Å². The Morgan fingerprint density at radius 2 is 1.81 bits per heavy atom. The summed E-state index contributed by atoms with van der Waals surface area (Å²) in [6.45, 7) is 0. The zero-order valence-electron chi connectivity index (χ0n) is 17.1. The largest absolute Gasteiger partial charge is 0.416 e. The predicted octanol–water partition coefficient (Wildman–Crippen LogP) is 5.32. The van der Waals surface area contributed by atoms with Crippen LogP contribution in [0.5, 0.6) is 0 Å². The van der Waals surface area contributed by atoms with Gasteiger partial charge in [0.2, 0.25) is 5.91 Å². The molecular formula is C24H19F3N4O. The van der Waals surface area contributed by atoms with Gasteiger partial charge >= 0.3 is 6.18 Å². The summed E-state index contributed by atoms with van der Waals surface area (Å²) in [6.07, 6.45) is 1.91. The van der Waals surface area contributed by atoms with E-state index in [1.807, 2.05) is 19.2 Å². The highest BCUT2D eigenvalue weighted by atomic mass is 19.4. The van der Waals surface area contributed by atoms with Gasteiger partial charge in [-0.1, -0.05) is 30.3 Å². The number of hydrogen-bond donors (Lipinski definition) is 1. The standard InChI is InChI=1S/C24H19F3N4O/c1-31-21-14-28-12-19(20(21)13-29-31)15-5-7-18(8-6-15)30-22(32)23(9-10-23)16-3-2-4-17(11-16)24(25,26)27/h2-8,11-14H,9-10H2,1H3,(H,30,32). The molecule has 4 aromatic rings. The Kier molecular flexibility index (Phi) is 4.54. The maximum absolute atomic E-state index is 13.1. The predicted molar refractivity (Wildman–Crippen MR) is 115 cm³/mol. The van der Waals surface area contributed by atoms with Gasteiger partial charge in [-0.2, -0.15) is 18.3 Å². The molecular weight excluding hydrogens is 417 g/mol. The fourth-order valence-corrected chi connectivity index (χ4v) is 4.04. The lowest BCUT2D eigenvalue weighted by molar-refractivity contribution is -0.137. The number of nitrogens with one attached hydrogen (secondary N) is 1. The first-order chi connectivity index (χ1) is 15.3. The molecule has 1 aliphatic rings. The number of aryl methyl sites for hydroxylation is 1.